The summed E-state index contributed by atoms with van der Waals surface area (Å²) in [4.78, 5) is 0. The second-order valence-electron chi connectivity index (χ2n) is 4.24. The van der Waals surface area contributed by atoms with Gasteiger partial charge in [-0.2, -0.15) is 13.2 Å². The van der Waals surface area contributed by atoms with Crippen molar-refractivity contribution in [1.82, 2.24) is 5.32 Å². The van der Waals surface area contributed by atoms with Crippen molar-refractivity contribution in [2.75, 3.05) is 14.2 Å². The Balaban J connectivity index is 2.84. The van der Waals surface area contributed by atoms with E-state index in [4.69, 9.17) is 4.74 Å². The summed E-state index contributed by atoms with van der Waals surface area (Å²) >= 11 is 0. The van der Waals surface area contributed by atoms with Crippen LogP contribution >= 0.6 is 0 Å². The van der Waals surface area contributed by atoms with Crippen molar-refractivity contribution in [3.05, 3.63) is 35.4 Å². The van der Waals surface area contributed by atoms with Crippen LogP contribution in [0.15, 0.2) is 24.3 Å². The predicted molar refractivity (Wildman–Crippen MR) is 64.5 cm³/mol. The number of ether oxygens (including phenoxy) is 1. The molecular formula is C13H18F3NO. The first kappa shape index (κ1) is 15.0. The fourth-order valence-corrected chi connectivity index (χ4v) is 1.80. The second-order valence-corrected chi connectivity index (χ2v) is 4.24. The van der Waals surface area contributed by atoms with Crippen molar-refractivity contribution in [3.8, 4) is 0 Å². The summed E-state index contributed by atoms with van der Waals surface area (Å²) in [5, 5.41) is 3.05. The van der Waals surface area contributed by atoms with Gasteiger partial charge in [-0.15, -0.1) is 0 Å². The minimum atomic E-state index is -4.29. The Morgan fingerprint density at radius 2 is 2.00 bits per heavy atom. The van der Waals surface area contributed by atoms with Crippen molar-refractivity contribution in [2.24, 2.45) is 0 Å². The van der Waals surface area contributed by atoms with Gasteiger partial charge >= 0.3 is 6.18 Å². The van der Waals surface area contributed by atoms with E-state index in [1.165, 1.54) is 12.1 Å². The Labute approximate surface area is 105 Å². The third kappa shape index (κ3) is 3.99. The molecule has 2 atom stereocenters. The number of hydrogen-bond donors (Lipinski definition) is 1. The van der Waals surface area contributed by atoms with Gasteiger partial charge in [-0.3, -0.25) is 0 Å². The lowest BCUT2D eigenvalue weighted by atomic mass is 10.0. The largest absolute Gasteiger partial charge is 0.416 e. The van der Waals surface area contributed by atoms with E-state index in [2.05, 4.69) is 5.32 Å². The summed E-state index contributed by atoms with van der Waals surface area (Å²) in [5.41, 5.74) is 0.0352. The number of benzene rings is 1. The van der Waals surface area contributed by atoms with Crippen molar-refractivity contribution < 1.29 is 17.9 Å². The van der Waals surface area contributed by atoms with E-state index < -0.39 is 11.7 Å². The van der Waals surface area contributed by atoms with E-state index in [9.17, 15) is 13.2 Å². The molecule has 1 N–H and O–H groups in total. The number of hydrogen-bond acceptors (Lipinski definition) is 2. The van der Waals surface area contributed by atoms with Gasteiger partial charge < -0.3 is 10.1 Å². The van der Waals surface area contributed by atoms with Gasteiger partial charge in [0, 0.05) is 13.2 Å². The van der Waals surface area contributed by atoms with Crippen LogP contribution in [0.3, 0.4) is 0 Å². The molecule has 0 bridgehead atoms. The van der Waals surface area contributed by atoms with Crippen molar-refractivity contribution in [2.45, 2.75) is 31.7 Å². The summed E-state index contributed by atoms with van der Waals surface area (Å²) < 4.78 is 42.9. The average molecular weight is 261 g/mol. The highest BCUT2D eigenvalue weighted by atomic mass is 19.4. The van der Waals surface area contributed by atoms with Crippen LogP contribution in [0, 0.1) is 0 Å². The molecule has 0 aliphatic carbocycles. The maximum Gasteiger partial charge on any atom is 0.416 e. The molecule has 0 saturated heterocycles. The molecule has 5 heteroatoms. The van der Waals surface area contributed by atoms with Gasteiger partial charge in [0.2, 0.25) is 0 Å². The second kappa shape index (κ2) is 6.20. The fourth-order valence-electron chi connectivity index (χ4n) is 1.80. The summed E-state index contributed by atoms with van der Waals surface area (Å²) in [7, 11) is 3.36. The maximum absolute atomic E-state index is 12.6. The van der Waals surface area contributed by atoms with E-state index in [0.717, 1.165) is 6.07 Å². The highest BCUT2D eigenvalue weighted by molar-refractivity contribution is 5.26. The number of alkyl halides is 3. The molecule has 0 heterocycles. The Bertz CT molecular complexity index is 379. The van der Waals surface area contributed by atoms with Crippen molar-refractivity contribution in [3.63, 3.8) is 0 Å². The molecule has 2 unspecified atom stereocenters. The summed E-state index contributed by atoms with van der Waals surface area (Å²) in [6.07, 6.45) is -3.86. The summed E-state index contributed by atoms with van der Waals surface area (Å²) in [6, 6.07) is 5.38. The highest BCUT2D eigenvalue weighted by Gasteiger charge is 2.30. The van der Waals surface area contributed by atoms with Crippen LogP contribution in [0.2, 0.25) is 0 Å². The monoisotopic (exact) mass is 261 g/mol. The lowest BCUT2D eigenvalue weighted by molar-refractivity contribution is -0.137. The minimum absolute atomic E-state index is 0.0153. The molecule has 0 spiro atoms. The van der Waals surface area contributed by atoms with Crippen LogP contribution in [0.5, 0.6) is 0 Å². The molecule has 1 rings (SSSR count). The molecule has 0 radical (unpaired) electrons. The minimum Gasteiger partial charge on any atom is -0.380 e. The smallest absolute Gasteiger partial charge is 0.380 e. The molecule has 0 aliphatic heterocycles. The van der Waals surface area contributed by atoms with Crippen LogP contribution in [-0.4, -0.2) is 26.3 Å². The van der Waals surface area contributed by atoms with Crippen molar-refractivity contribution >= 4 is 0 Å². The van der Waals surface area contributed by atoms with Gasteiger partial charge in [-0.25, -0.2) is 0 Å². The van der Waals surface area contributed by atoms with Crippen LogP contribution < -0.4 is 5.32 Å². The Hall–Kier alpha value is -1.07. The molecule has 0 amide bonds. The summed E-state index contributed by atoms with van der Waals surface area (Å²) in [5.74, 6) is 0. The number of halogens is 3. The molecule has 0 aliphatic rings. The van der Waals surface area contributed by atoms with E-state index >= 15 is 0 Å². The lowest BCUT2D eigenvalue weighted by Crippen LogP contribution is -2.38. The van der Waals surface area contributed by atoms with Crippen LogP contribution in [-0.2, 0) is 17.3 Å². The van der Waals surface area contributed by atoms with Crippen LogP contribution in [0.1, 0.15) is 18.1 Å². The Morgan fingerprint density at radius 1 is 1.33 bits per heavy atom. The summed E-state index contributed by atoms with van der Waals surface area (Å²) in [6.45, 7) is 1.88. The number of nitrogens with one attached hydrogen (secondary N) is 1. The van der Waals surface area contributed by atoms with Gasteiger partial charge in [0.05, 0.1) is 11.7 Å². The number of methoxy groups -OCH3 is 1. The van der Waals surface area contributed by atoms with Crippen LogP contribution in [0.4, 0.5) is 13.2 Å². The Morgan fingerprint density at radius 3 is 2.50 bits per heavy atom. The highest BCUT2D eigenvalue weighted by Crippen LogP contribution is 2.29. The van der Waals surface area contributed by atoms with E-state index in [1.807, 2.05) is 6.92 Å². The molecule has 0 fully saturated rings. The SMILES string of the molecule is CNC(Cc1cccc(C(F)(F)F)c1)C(C)OC. The maximum atomic E-state index is 12.6. The lowest BCUT2D eigenvalue weighted by Gasteiger charge is -2.22. The van der Waals surface area contributed by atoms with Crippen LogP contribution in [0.25, 0.3) is 0 Å². The normalized spacial score (nSPS) is 15.4. The van der Waals surface area contributed by atoms with Gasteiger partial charge in [0.25, 0.3) is 0 Å². The third-order valence-corrected chi connectivity index (χ3v) is 3.02. The van der Waals surface area contributed by atoms with E-state index in [-0.39, 0.29) is 12.1 Å². The molecule has 1 aromatic carbocycles. The van der Waals surface area contributed by atoms with Gasteiger partial charge in [-0.05, 0) is 32.0 Å². The first-order chi connectivity index (χ1) is 8.38. The molecular weight excluding hydrogens is 243 g/mol. The first-order valence-corrected chi connectivity index (χ1v) is 5.74. The Kier molecular flexibility index (Phi) is 5.16. The molecule has 1 aromatic rings. The molecule has 2 nitrogen and oxygen atoms in total. The topological polar surface area (TPSA) is 21.3 Å². The van der Waals surface area contributed by atoms with E-state index in [0.29, 0.717) is 12.0 Å². The first-order valence-electron chi connectivity index (χ1n) is 5.74. The number of likely N-dealkylation sites (N-methyl/N-ethyl adjacent to an activating group) is 1. The number of rotatable bonds is 5. The average Bonchev–Trinajstić information content (AvgIpc) is 2.34. The zero-order chi connectivity index (χ0) is 13.8. The molecule has 0 aromatic heterocycles. The van der Waals surface area contributed by atoms with Gasteiger partial charge in [0.1, 0.15) is 0 Å². The molecule has 102 valence electrons. The van der Waals surface area contributed by atoms with Gasteiger partial charge in [-0.1, -0.05) is 18.2 Å². The zero-order valence-electron chi connectivity index (χ0n) is 10.7. The van der Waals surface area contributed by atoms with Gasteiger partial charge in [0.15, 0.2) is 0 Å². The quantitative estimate of drug-likeness (QED) is 0.880. The predicted octanol–water partition coefficient (Wildman–Crippen LogP) is 2.87. The third-order valence-electron chi connectivity index (χ3n) is 3.02. The molecule has 18 heavy (non-hydrogen) atoms. The van der Waals surface area contributed by atoms with E-state index in [1.54, 1.807) is 20.2 Å². The standard InChI is InChI=1S/C13H18F3NO/c1-9(18-3)12(17-2)8-10-5-4-6-11(7-10)13(14,15)16/h4-7,9,12,17H,8H2,1-3H3. The fraction of sp³-hybridized carbons (Fsp3) is 0.538. The van der Waals surface area contributed by atoms with Crippen molar-refractivity contribution in [1.29, 1.82) is 0 Å². The molecule has 0 saturated carbocycles. The zero-order valence-corrected chi connectivity index (χ0v) is 10.7.